The Morgan fingerprint density at radius 2 is 0.977 bits per heavy atom. The monoisotopic (exact) mass is 634 g/mol. The second-order valence-electron chi connectivity index (χ2n) is 9.93. The van der Waals surface area contributed by atoms with Crippen LogP contribution in [0.4, 0.5) is 0 Å². The average Bonchev–Trinajstić information content (AvgIpc) is 2.87. The van der Waals surface area contributed by atoms with Crippen LogP contribution in [0, 0.1) is 0 Å². The van der Waals surface area contributed by atoms with Gasteiger partial charge in [0.25, 0.3) is 0 Å². The molecule has 2 rings (SSSR count). The van der Waals surface area contributed by atoms with Gasteiger partial charge in [0.1, 0.15) is 37.6 Å². The Hall–Kier alpha value is -3.87. The highest BCUT2D eigenvalue weighted by atomic mass is 16.7. The van der Waals surface area contributed by atoms with E-state index in [0.717, 1.165) is 48.5 Å². The number of hydrogen-bond donors (Lipinski definition) is 2. The van der Waals surface area contributed by atoms with Gasteiger partial charge in [-0.1, -0.05) is 0 Å². The van der Waals surface area contributed by atoms with E-state index in [4.69, 9.17) is 48.4 Å². The molecule has 0 aromatic rings. The zero-order valence-corrected chi connectivity index (χ0v) is 25.3. The van der Waals surface area contributed by atoms with Crippen molar-refractivity contribution in [1.29, 1.82) is 0 Å². The van der Waals surface area contributed by atoms with Gasteiger partial charge < -0.3 is 53.7 Å². The Bertz CT molecular complexity index is 1100. The van der Waals surface area contributed by atoms with E-state index in [9.17, 15) is 33.6 Å². The number of nitrogens with two attached hydrogens (primary N) is 1. The molecule has 2 fully saturated rings. The van der Waals surface area contributed by atoms with E-state index in [-0.39, 0.29) is 0 Å². The number of ether oxygens (including phenoxy) is 9. The molecule has 0 spiro atoms. The van der Waals surface area contributed by atoms with Crippen LogP contribution >= 0.6 is 0 Å². The summed E-state index contributed by atoms with van der Waals surface area (Å²) < 4.78 is 49.5. The minimum atomic E-state index is -1.63. The van der Waals surface area contributed by atoms with Crippen LogP contribution in [0.2, 0.25) is 0 Å². The molecule has 2 saturated heterocycles. The lowest BCUT2D eigenvalue weighted by Gasteiger charge is -2.49. The van der Waals surface area contributed by atoms with Crippen molar-refractivity contribution in [3.05, 3.63) is 0 Å². The van der Waals surface area contributed by atoms with E-state index in [2.05, 4.69) is 5.32 Å². The Morgan fingerprint density at radius 1 is 0.568 bits per heavy atom. The highest BCUT2D eigenvalue weighted by Gasteiger charge is 2.55. The summed E-state index contributed by atoms with van der Waals surface area (Å²) in [5.74, 6) is -5.35. The van der Waals surface area contributed by atoms with E-state index >= 15 is 0 Å². The molecule has 0 bridgehead atoms. The molecule has 0 aliphatic carbocycles. The average molecular weight is 635 g/mol. The summed E-state index contributed by atoms with van der Waals surface area (Å²) in [6.45, 7) is 6.68. The Morgan fingerprint density at radius 3 is 1.39 bits per heavy atom. The molecule has 18 heteroatoms. The maximum atomic E-state index is 12.3. The first-order valence-electron chi connectivity index (χ1n) is 13.4. The molecule has 0 saturated carbocycles. The molecule has 1 amide bonds. The van der Waals surface area contributed by atoms with Gasteiger partial charge in [-0.3, -0.25) is 33.6 Å². The van der Waals surface area contributed by atoms with E-state index in [1.54, 1.807) is 0 Å². The van der Waals surface area contributed by atoms with E-state index in [1.807, 2.05) is 0 Å². The number of hydrogen-bond acceptors (Lipinski definition) is 17. The first-order valence-corrected chi connectivity index (χ1v) is 13.4. The smallest absolute Gasteiger partial charge is 0.304 e. The van der Waals surface area contributed by atoms with Crippen LogP contribution in [-0.2, 0) is 76.2 Å². The standard InChI is InChI=1S/C26H38N2O16/c1-10(29)28-20-24(40-15(6)34)22(39-14(5)33)18(9-37-12(3)31)43-26(20)44-23-19(27)25(41-16(7)35)42-17(8-36-11(2)30)21(23)38-13(4)32/h17-26H,8-9,27H2,1-7H3,(H,28,29)/t17-,18-,19-,20-,21-,22-,23-,24-,25+,26+/m1/s1. The van der Waals surface area contributed by atoms with Gasteiger partial charge in [0.2, 0.25) is 12.2 Å². The summed E-state index contributed by atoms with van der Waals surface area (Å²) in [5, 5.41) is 2.53. The lowest BCUT2D eigenvalue weighted by Crippen LogP contribution is -2.70. The van der Waals surface area contributed by atoms with Gasteiger partial charge in [-0.05, 0) is 0 Å². The number of rotatable bonds is 11. The van der Waals surface area contributed by atoms with Gasteiger partial charge in [-0.2, -0.15) is 0 Å². The molecular weight excluding hydrogens is 596 g/mol. The fourth-order valence-electron chi connectivity index (χ4n) is 4.59. The number of amides is 1. The Balaban J connectivity index is 2.63. The van der Waals surface area contributed by atoms with Crippen LogP contribution in [0.25, 0.3) is 0 Å². The highest BCUT2D eigenvalue weighted by molar-refractivity contribution is 5.74. The van der Waals surface area contributed by atoms with Crippen molar-refractivity contribution in [2.45, 2.75) is 110 Å². The van der Waals surface area contributed by atoms with Crippen LogP contribution in [0.1, 0.15) is 48.5 Å². The molecule has 2 heterocycles. The third kappa shape index (κ3) is 10.7. The van der Waals surface area contributed by atoms with Crippen molar-refractivity contribution < 1.29 is 76.2 Å². The number of carbonyl (C=O) groups excluding carboxylic acids is 7. The second kappa shape index (κ2) is 16.3. The van der Waals surface area contributed by atoms with E-state index in [1.165, 1.54) is 0 Å². The van der Waals surface area contributed by atoms with E-state index < -0.39 is 116 Å². The molecule has 0 unspecified atom stereocenters. The molecule has 10 atom stereocenters. The lowest BCUT2D eigenvalue weighted by atomic mass is 9.94. The normalized spacial score (nSPS) is 31.5. The predicted octanol–water partition coefficient (Wildman–Crippen LogP) is -1.86. The van der Waals surface area contributed by atoms with Gasteiger partial charge in [0.15, 0.2) is 24.6 Å². The molecule has 44 heavy (non-hydrogen) atoms. The zero-order valence-electron chi connectivity index (χ0n) is 25.3. The first-order chi connectivity index (χ1) is 20.5. The summed E-state index contributed by atoms with van der Waals surface area (Å²) in [6, 6.07) is -2.79. The van der Waals surface area contributed by atoms with Crippen LogP contribution in [0.3, 0.4) is 0 Å². The Kier molecular flexibility index (Phi) is 13.4. The number of carbonyl (C=O) groups is 7. The largest absolute Gasteiger partial charge is 0.463 e. The van der Waals surface area contributed by atoms with Crippen LogP contribution < -0.4 is 11.1 Å². The van der Waals surface area contributed by atoms with Gasteiger partial charge in [-0.25, -0.2) is 0 Å². The first kappa shape index (κ1) is 36.3. The van der Waals surface area contributed by atoms with Crippen molar-refractivity contribution in [2.24, 2.45) is 5.73 Å². The molecule has 0 radical (unpaired) electrons. The van der Waals surface area contributed by atoms with Gasteiger partial charge in [0.05, 0.1) is 6.04 Å². The zero-order chi connectivity index (χ0) is 33.3. The van der Waals surface area contributed by atoms with Gasteiger partial charge in [-0.15, -0.1) is 0 Å². The number of nitrogens with one attached hydrogen (secondary N) is 1. The fraction of sp³-hybridized carbons (Fsp3) is 0.731. The highest BCUT2D eigenvalue weighted by Crippen LogP contribution is 2.33. The second-order valence-corrected chi connectivity index (χ2v) is 9.93. The van der Waals surface area contributed by atoms with Crippen LogP contribution in [-0.4, -0.2) is 116 Å². The minimum Gasteiger partial charge on any atom is -0.463 e. The summed E-state index contributed by atoms with van der Waals surface area (Å²) in [5.41, 5.74) is 6.37. The molecular formula is C26H38N2O16. The SMILES string of the molecule is CC(=O)N[C@H]1[C@H](O[C@@H]2[C@@H](N)[C@@H](OC(C)=O)O[C@H](COC(C)=O)[C@H]2OC(C)=O)O[C@H](COC(C)=O)[C@@H](OC(C)=O)[C@@H]1OC(C)=O. The van der Waals surface area contributed by atoms with Crippen LogP contribution in [0.5, 0.6) is 0 Å². The summed E-state index contributed by atoms with van der Waals surface area (Å²) in [4.78, 5) is 83.6. The lowest BCUT2D eigenvalue weighted by molar-refractivity contribution is -0.325. The molecule has 3 N–H and O–H groups in total. The van der Waals surface area contributed by atoms with Crippen molar-refractivity contribution >= 4 is 41.7 Å². The van der Waals surface area contributed by atoms with Gasteiger partial charge in [0, 0.05) is 48.5 Å². The summed E-state index contributed by atoms with van der Waals surface area (Å²) in [7, 11) is 0. The quantitative estimate of drug-likeness (QED) is 0.187. The van der Waals surface area contributed by atoms with Crippen molar-refractivity contribution in [2.75, 3.05) is 13.2 Å². The molecule has 248 valence electrons. The van der Waals surface area contributed by atoms with E-state index in [0.29, 0.717) is 0 Å². The van der Waals surface area contributed by atoms with Gasteiger partial charge >= 0.3 is 35.8 Å². The fourth-order valence-corrected chi connectivity index (χ4v) is 4.59. The Labute approximate surface area is 252 Å². The third-order valence-electron chi connectivity index (χ3n) is 6.09. The van der Waals surface area contributed by atoms with Crippen molar-refractivity contribution in [1.82, 2.24) is 5.32 Å². The molecule has 0 aromatic heterocycles. The molecule has 2 aliphatic rings. The molecule has 0 aromatic carbocycles. The summed E-state index contributed by atoms with van der Waals surface area (Å²) >= 11 is 0. The number of esters is 6. The predicted molar refractivity (Wildman–Crippen MR) is 139 cm³/mol. The van der Waals surface area contributed by atoms with Crippen molar-refractivity contribution in [3.63, 3.8) is 0 Å². The molecule has 18 nitrogen and oxygen atoms in total. The van der Waals surface area contributed by atoms with Crippen LogP contribution in [0.15, 0.2) is 0 Å². The maximum absolute atomic E-state index is 12.3. The molecule has 2 aliphatic heterocycles. The van der Waals surface area contributed by atoms with Crippen molar-refractivity contribution in [3.8, 4) is 0 Å². The topological polar surface area (TPSA) is 241 Å². The third-order valence-corrected chi connectivity index (χ3v) is 6.09. The maximum Gasteiger partial charge on any atom is 0.304 e. The summed E-state index contributed by atoms with van der Waals surface area (Å²) in [6.07, 6.45) is -11.5. The minimum absolute atomic E-state index is 0.488.